The maximum absolute atomic E-state index is 12.9. The minimum atomic E-state index is -0.0395. The zero-order chi connectivity index (χ0) is 18.5. The standard InChI is InChI=1S/C23H25NOS/c1-4-6-10-17-11-9-13-20(18(17)5-2)23(25)24-22-15-16(3)19-12-7-8-14-21(19)26-22/h7-9,11-14H,4-6,10H2,1-3H3,(H,24,25). The van der Waals surface area contributed by atoms with Gasteiger partial charge in [-0.2, -0.15) is 0 Å². The molecule has 2 aromatic carbocycles. The van der Waals surface area contributed by atoms with Gasteiger partial charge >= 0.3 is 0 Å². The molecule has 0 radical (unpaired) electrons. The summed E-state index contributed by atoms with van der Waals surface area (Å²) >= 11 is 1.57. The van der Waals surface area contributed by atoms with Gasteiger partial charge in [0.2, 0.25) is 0 Å². The van der Waals surface area contributed by atoms with Crippen molar-refractivity contribution < 1.29 is 4.79 Å². The molecule has 1 heterocycles. The van der Waals surface area contributed by atoms with Crippen molar-refractivity contribution in [3.05, 3.63) is 75.5 Å². The Labute approximate surface area is 160 Å². The summed E-state index contributed by atoms with van der Waals surface area (Å²) in [6.45, 7) is 6.35. The van der Waals surface area contributed by atoms with Crippen LogP contribution in [0.4, 0.5) is 0 Å². The molecule has 0 unspecified atom stereocenters. The number of amides is 1. The Kier molecular flexibility index (Phi) is 6.03. The first-order chi connectivity index (χ1) is 12.6. The van der Waals surface area contributed by atoms with E-state index in [-0.39, 0.29) is 5.91 Å². The third kappa shape index (κ3) is 3.95. The van der Waals surface area contributed by atoms with E-state index in [1.165, 1.54) is 16.7 Å². The van der Waals surface area contributed by atoms with Crippen LogP contribution in [0.3, 0.4) is 0 Å². The van der Waals surface area contributed by atoms with Crippen LogP contribution in [0.25, 0.3) is 5.57 Å². The average Bonchev–Trinajstić information content (AvgIpc) is 2.66. The Hall–Kier alpha value is -2.22. The van der Waals surface area contributed by atoms with Crippen LogP contribution in [-0.2, 0) is 12.8 Å². The zero-order valence-corrected chi connectivity index (χ0v) is 16.5. The molecule has 3 rings (SSSR count). The highest BCUT2D eigenvalue weighted by atomic mass is 32.2. The van der Waals surface area contributed by atoms with Crippen LogP contribution in [0.15, 0.2) is 58.1 Å². The zero-order valence-electron chi connectivity index (χ0n) is 15.7. The number of hydrogen-bond acceptors (Lipinski definition) is 2. The molecule has 1 aliphatic rings. The van der Waals surface area contributed by atoms with Gasteiger partial charge in [-0.1, -0.05) is 68.1 Å². The first-order valence-electron chi connectivity index (χ1n) is 9.31. The van der Waals surface area contributed by atoms with E-state index in [2.05, 4.69) is 43.1 Å². The Bertz CT molecular complexity index is 891. The van der Waals surface area contributed by atoms with Gasteiger partial charge < -0.3 is 5.32 Å². The maximum atomic E-state index is 12.9. The molecule has 0 saturated carbocycles. The van der Waals surface area contributed by atoms with Crippen molar-refractivity contribution >= 4 is 23.2 Å². The number of unbranched alkanes of at least 4 members (excludes halogenated alkanes) is 1. The molecule has 1 N–H and O–H groups in total. The fraction of sp³-hybridized carbons (Fsp3) is 0.304. The number of aryl methyl sites for hydroxylation is 1. The topological polar surface area (TPSA) is 29.1 Å². The molecule has 0 aliphatic carbocycles. The molecule has 0 aromatic heterocycles. The minimum Gasteiger partial charge on any atom is -0.310 e. The lowest BCUT2D eigenvalue weighted by atomic mass is 9.95. The molecular weight excluding hydrogens is 338 g/mol. The summed E-state index contributed by atoms with van der Waals surface area (Å²) in [6, 6.07) is 14.3. The molecule has 26 heavy (non-hydrogen) atoms. The summed E-state index contributed by atoms with van der Waals surface area (Å²) in [5.74, 6) is -0.0395. The second-order valence-corrected chi connectivity index (χ2v) is 7.58. The first kappa shape index (κ1) is 18.6. The first-order valence-corrected chi connectivity index (χ1v) is 10.1. The highest BCUT2D eigenvalue weighted by Crippen LogP contribution is 2.35. The lowest BCUT2D eigenvalue weighted by Crippen LogP contribution is -2.23. The van der Waals surface area contributed by atoms with Crippen molar-refractivity contribution in [3.63, 3.8) is 0 Å². The number of hydrogen-bond donors (Lipinski definition) is 1. The van der Waals surface area contributed by atoms with Crippen LogP contribution in [0.2, 0.25) is 0 Å². The van der Waals surface area contributed by atoms with Crippen molar-refractivity contribution in [2.45, 2.75) is 51.3 Å². The number of carbonyl (C=O) groups excluding carboxylic acids is 1. The van der Waals surface area contributed by atoms with Crippen LogP contribution >= 0.6 is 11.8 Å². The van der Waals surface area contributed by atoms with E-state index in [1.54, 1.807) is 11.8 Å². The van der Waals surface area contributed by atoms with Crippen molar-refractivity contribution in [2.75, 3.05) is 0 Å². The molecule has 2 nitrogen and oxygen atoms in total. The maximum Gasteiger partial charge on any atom is 0.256 e. The third-order valence-electron chi connectivity index (χ3n) is 4.70. The lowest BCUT2D eigenvalue weighted by molar-refractivity contribution is 0.0968. The SMILES string of the molecule is CCCCc1cccc(C(=O)NC2=C=C(C)c3ccccc3S2)c1CC. The summed E-state index contributed by atoms with van der Waals surface area (Å²) in [5, 5.41) is 3.84. The van der Waals surface area contributed by atoms with E-state index in [9.17, 15) is 4.79 Å². The van der Waals surface area contributed by atoms with Gasteiger partial charge in [0.25, 0.3) is 5.91 Å². The van der Waals surface area contributed by atoms with E-state index in [0.717, 1.165) is 46.7 Å². The van der Waals surface area contributed by atoms with E-state index >= 15 is 0 Å². The predicted octanol–water partition coefficient (Wildman–Crippen LogP) is 5.97. The Morgan fingerprint density at radius 2 is 1.92 bits per heavy atom. The molecule has 1 aliphatic heterocycles. The molecule has 0 spiro atoms. The molecule has 0 saturated heterocycles. The molecule has 1 amide bonds. The fourth-order valence-electron chi connectivity index (χ4n) is 3.33. The predicted molar refractivity (Wildman–Crippen MR) is 110 cm³/mol. The Morgan fingerprint density at radius 1 is 1.12 bits per heavy atom. The van der Waals surface area contributed by atoms with Gasteiger partial charge in [0.1, 0.15) is 5.03 Å². The van der Waals surface area contributed by atoms with Crippen LogP contribution in [0, 0.1) is 0 Å². The smallest absolute Gasteiger partial charge is 0.256 e. The van der Waals surface area contributed by atoms with E-state index < -0.39 is 0 Å². The van der Waals surface area contributed by atoms with Gasteiger partial charge in [-0.15, -0.1) is 0 Å². The second kappa shape index (κ2) is 8.44. The Balaban J connectivity index is 1.86. The van der Waals surface area contributed by atoms with Gasteiger partial charge in [0, 0.05) is 16.0 Å². The molecule has 0 atom stereocenters. The monoisotopic (exact) mass is 363 g/mol. The molecule has 134 valence electrons. The summed E-state index contributed by atoms with van der Waals surface area (Å²) in [7, 11) is 0. The average molecular weight is 364 g/mol. The summed E-state index contributed by atoms with van der Waals surface area (Å²) in [4.78, 5) is 14.1. The van der Waals surface area contributed by atoms with Gasteiger partial charge in [-0.25, -0.2) is 0 Å². The number of thioether (sulfide) groups is 1. The van der Waals surface area contributed by atoms with Crippen LogP contribution in [-0.4, -0.2) is 5.91 Å². The summed E-state index contributed by atoms with van der Waals surface area (Å²) in [5.41, 5.74) is 8.82. The van der Waals surface area contributed by atoms with Crippen molar-refractivity contribution in [1.82, 2.24) is 5.32 Å². The van der Waals surface area contributed by atoms with Crippen molar-refractivity contribution in [3.8, 4) is 0 Å². The number of allylic oxidation sites excluding steroid dienone is 1. The summed E-state index contributed by atoms with van der Waals surface area (Å²) in [6.07, 6.45) is 4.21. The van der Waals surface area contributed by atoms with E-state index in [4.69, 9.17) is 0 Å². The quantitative estimate of drug-likeness (QED) is 0.641. The van der Waals surface area contributed by atoms with Crippen molar-refractivity contribution in [2.24, 2.45) is 0 Å². The van der Waals surface area contributed by atoms with Crippen molar-refractivity contribution in [1.29, 1.82) is 0 Å². The highest BCUT2D eigenvalue weighted by Gasteiger charge is 2.18. The van der Waals surface area contributed by atoms with Gasteiger partial charge in [0.05, 0.1) is 0 Å². The molecule has 2 aromatic rings. The normalized spacial score (nSPS) is 12.9. The largest absolute Gasteiger partial charge is 0.310 e. The molecule has 0 bridgehead atoms. The second-order valence-electron chi connectivity index (χ2n) is 6.53. The number of fused-ring (bicyclic) bond motifs is 1. The van der Waals surface area contributed by atoms with Crippen LogP contribution < -0.4 is 5.32 Å². The van der Waals surface area contributed by atoms with E-state index in [0.29, 0.717) is 0 Å². The number of rotatable bonds is 6. The summed E-state index contributed by atoms with van der Waals surface area (Å²) < 4.78 is 0. The van der Waals surface area contributed by atoms with Gasteiger partial charge in [-0.3, -0.25) is 4.79 Å². The number of nitrogens with one attached hydrogen (secondary N) is 1. The molecular formula is C23H25NOS. The van der Waals surface area contributed by atoms with Gasteiger partial charge in [-0.05, 0) is 55.0 Å². The molecule has 3 heteroatoms. The number of carbonyl (C=O) groups is 1. The van der Waals surface area contributed by atoms with Crippen LogP contribution in [0.1, 0.15) is 60.7 Å². The number of benzene rings is 2. The van der Waals surface area contributed by atoms with Gasteiger partial charge in [0.15, 0.2) is 0 Å². The fourth-order valence-corrected chi connectivity index (χ4v) is 4.38. The lowest BCUT2D eigenvalue weighted by Gasteiger charge is -2.17. The molecule has 0 fully saturated rings. The Morgan fingerprint density at radius 3 is 2.69 bits per heavy atom. The third-order valence-corrected chi connectivity index (χ3v) is 5.69. The van der Waals surface area contributed by atoms with Crippen LogP contribution in [0.5, 0.6) is 0 Å². The minimum absolute atomic E-state index is 0.0395. The van der Waals surface area contributed by atoms with E-state index in [1.807, 2.05) is 31.2 Å². The highest BCUT2D eigenvalue weighted by molar-refractivity contribution is 8.03.